The second-order valence-corrected chi connectivity index (χ2v) is 10.1. The summed E-state index contributed by atoms with van der Waals surface area (Å²) in [7, 11) is 2.96. The molecule has 0 radical (unpaired) electrons. The Bertz CT molecular complexity index is 1550. The van der Waals surface area contributed by atoms with Crippen molar-refractivity contribution in [1.82, 2.24) is 24.8 Å². The van der Waals surface area contributed by atoms with Gasteiger partial charge in [0.2, 0.25) is 0 Å². The molecule has 5 heterocycles. The Balaban J connectivity index is 1.36. The molecule has 38 heavy (non-hydrogen) atoms. The van der Waals surface area contributed by atoms with Crippen molar-refractivity contribution in [3.05, 3.63) is 74.5 Å². The summed E-state index contributed by atoms with van der Waals surface area (Å²) in [6.45, 7) is 2.42. The molecule has 5 rings (SSSR count). The van der Waals surface area contributed by atoms with Crippen LogP contribution in [0.5, 0.6) is 11.5 Å². The number of rotatable bonds is 6. The summed E-state index contributed by atoms with van der Waals surface area (Å²) in [5.74, 6) is -0.0148. The third-order valence-corrected chi connectivity index (χ3v) is 7.36. The lowest BCUT2D eigenvalue weighted by atomic mass is 10.0. The molecule has 4 aromatic rings. The molecule has 2 amide bonds. The van der Waals surface area contributed by atoms with Crippen molar-refractivity contribution in [3.63, 3.8) is 0 Å². The summed E-state index contributed by atoms with van der Waals surface area (Å²) in [4.78, 5) is 45.9. The molecule has 1 aliphatic heterocycles. The van der Waals surface area contributed by atoms with Gasteiger partial charge in [0.05, 0.1) is 54.7 Å². The summed E-state index contributed by atoms with van der Waals surface area (Å²) in [6, 6.07) is 4.98. The van der Waals surface area contributed by atoms with E-state index in [9.17, 15) is 9.59 Å². The minimum absolute atomic E-state index is 0.134. The van der Waals surface area contributed by atoms with Crippen molar-refractivity contribution in [1.29, 1.82) is 0 Å². The number of carbonyl (C=O) groups excluding carboxylic acids is 2. The molecule has 4 aromatic heterocycles. The fraction of sp³-hybridized carbons (Fsp3) is 0.200. The number of anilines is 1. The lowest BCUT2D eigenvalue weighted by Gasteiger charge is -2.17. The van der Waals surface area contributed by atoms with E-state index in [0.29, 0.717) is 44.8 Å². The molecule has 0 fully saturated rings. The zero-order valence-electron chi connectivity index (χ0n) is 20.4. The summed E-state index contributed by atoms with van der Waals surface area (Å²) in [5.41, 5.74) is 3.08. The van der Waals surface area contributed by atoms with Crippen LogP contribution < -0.4 is 14.8 Å². The lowest BCUT2D eigenvalue weighted by Crippen LogP contribution is -2.27. The van der Waals surface area contributed by atoms with Crippen LogP contribution in [0.2, 0.25) is 10.2 Å². The van der Waals surface area contributed by atoms with Crippen LogP contribution in [0.25, 0.3) is 11.1 Å². The number of carbonyl (C=O) groups is 2. The predicted octanol–water partition coefficient (Wildman–Crippen LogP) is 5.04. The van der Waals surface area contributed by atoms with E-state index in [1.165, 1.54) is 44.1 Å². The van der Waals surface area contributed by atoms with Crippen LogP contribution in [0.3, 0.4) is 0 Å². The molecule has 10 nitrogen and oxygen atoms in total. The zero-order chi connectivity index (χ0) is 27.0. The SMILES string of the molecule is COc1cnc(Cl)cc1-c1cc(C)ncc1C(=O)Nc1nc2c(s1)CN(C(=O)c1nccc(Cl)c1OC)C2. The van der Waals surface area contributed by atoms with E-state index >= 15 is 0 Å². The van der Waals surface area contributed by atoms with Gasteiger partial charge in [-0.15, -0.1) is 0 Å². The first-order valence-corrected chi connectivity index (χ1v) is 12.8. The van der Waals surface area contributed by atoms with E-state index in [0.717, 1.165) is 10.6 Å². The minimum atomic E-state index is -0.393. The number of nitrogens with one attached hydrogen (secondary N) is 1. The maximum atomic E-state index is 13.3. The average Bonchev–Trinajstić information content (AvgIpc) is 3.46. The Morgan fingerprint density at radius 3 is 2.61 bits per heavy atom. The zero-order valence-corrected chi connectivity index (χ0v) is 22.7. The monoisotopic (exact) mass is 570 g/mol. The lowest BCUT2D eigenvalue weighted by molar-refractivity contribution is 0.0741. The van der Waals surface area contributed by atoms with Gasteiger partial charge in [0.1, 0.15) is 10.9 Å². The Morgan fingerprint density at radius 2 is 1.87 bits per heavy atom. The second-order valence-electron chi connectivity index (χ2n) is 8.26. The van der Waals surface area contributed by atoms with E-state index in [1.54, 1.807) is 23.1 Å². The Labute approximate surface area is 231 Å². The number of ether oxygens (including phenoxy) is 2. The van der Waals surface area contributed by atoms with Crippen molar-refractivity contribution in [3.8, 4) is 22.6 Å². The first-order valence-electron chi connectivity index (χ1n) is 11.2. The van der Waals surface area contributed by atoms with Gasteiger partial charge < -0.3 is 14.4 Å². The summed E-state index contributed by atoms with van der Waals surface area (Å²) in [5, 5.41) is 3.84. The van der Waals surface area contributed by atoms with Crippen molar-refractivity contribution in [2.75, 3.05) is 19.5 Å². The highest BCUT2D eigenvalue weighted by Crippen LogP contribution is 2.36. The number of aryl methyl sites for hydroxylation is 1. The fourth-order valence-corrected chi connectivity index (χ4v) is 5.44. The number of fused-ring (bicyclic) bond motifs is 1. The number of aromatic nitrogens is 4. The quantitative estimate of drug-likeness (QED) is 0.320. The number of amides is 2. The second kappa shape index (κ2) is 10.5. The van der Waals surface area contributed by atoms with Crippen molar-refractivity contribution >= 4 is 51.5 Å². The van der Waals surface area contributed by atoms with Gasteiger partial charge in [-0.25, -0.2) is 15.0 Å². The normalized spacial score (nSPS) is 12.3. The molecule has 1 aliphatic rings. The van der Waals surface area contributed by atoms with Gasteiger partial charge in [-0.05, 0) is 25.1 Å². The average molecular weight is 571 g/mol. The summed E-state index contributed by atoms with van der Waals surface area (Å²) >= 11 is 13.6. The highest BCUT2D eigenvalue weighted by Gasteiger charge is 2.31. The van der Waals surface area contributed by atoms with Crippen molar-refractivity contribution < 1.29 is 19.1 Å². The number of hydrogen-bond acceptors (Lipinski definition) is 9. The Kier molecular flexibility index (Phi) is 7.15. The Hall–Kier alpha value is -3.80. The van der Waals surface area contributed by atoms with Gasteiger partial charge >= 0.3 is 0 Å². The van der Waals surface area contributed by atoms with Gasteiger partial charge in [0.15, 0.2) is 16.6 Å². The molecular weight excluding hydrogens is 551 g/mol. The van der Waals surface area contributed by atoms with Crippen LogP contribution in [0.15, 0.2) is 36.8 Å². The van der Waals surface area contributed by atoms with E-state index in [4.69, 9.17) is 32.7 Å². The molecular formula is C25H20Cl2N6O4S. The van der Waals surface area contributed by atoms with E-state index < -0.39 is 5.91 Å². The standard InChI is InChI=1S/C25H20Cl2N6O4S/c1-12-6-13(14-7-20(27)30-9-18(14)36-2)15(8-29-12)23(34)32-25-31-17-10-33(11-19(17)38-25)24(35)21-22(37-3)16(26)4-5-28-21/h4-9H,10-11H2,1-3H3,(H,31,32,34). The molecule has 0 aliphatic carbocycles. The van der Waals surface area contributed by atoms with E-state index in [-0.39, 0.29) is 29.0 Å². The topological polar surface area (TPSA) is 119 Å². The maximum absolute atomic E-state index is 13.3. The highest BCUT2D eigenvalue weighted by atomic mass is 35.5. The molecule has 0 spiro atoms. The fourth-order valence-electron chi connectivity index (χ4n) is 4.08. The summed E-state index contributed by atoms with van der Waals surface area (Å²) in [6.07, 6.45) is 4.46. The van der Waals surface area contributed by atoms with Gasteiger partial charge in [0, 0.05) is 29.2 Å². The van der Waals surface area contributed by atoms with Crippen molar-refractivity contribution in [2.24, 2.45) is 0 Å². The molecule has 0 unspecified atom stereocenters. The molecule has 0 bridgehead atoms. The van der Waals surface area contributed by atoms with E-state index in [1.807, 2.05) is 6.92 Å². The van der Waals surface area contributed by atoms with Crippen molar-refractivity contribution in [2.45, 2.75) is 20.0 Å². The van der Waals surface area contributed by atoms with Crippen LogP contribution in [0.4, 0.5) is 5.13 Å². The minimum Gasteiger partial charge on any atom is -0.494 e. The largest absolute Gasteiger partial charge is 0.494 e. The van der Waals surface area contributed by atoms with Gasteiger partial charge in [0.25, 0.3) is 11.8 Å². The Morgan fingerprint density at radius 1 is 1.05 bits per heavy atom. The third kappa shape index (κ3) is 4.87. The van der Waals surface area contributed by atoms with Crippen LogP contribution >= 0.6 is 34.5 Å². The van der Waals surface area contributed by atoms with Gasteiger partial charge in [-0.1, -0.05) is 34.5 Å². The van der Waals surface area contributed by atoms with E-state index in [2.05, 4.69) is 25.3 Å². The summed E-state index contributed by atoms with van der Waals surface area (Å²) < 4.78 is 10.7. The smallest absolute Gasteiger partial charge is 0.277 e. The number of halogens is 2. The number of thiazole rings is 1. The van der Waals surface area contributed by atoms with Gasteiger partial charge in [-0.2, -0.15) is 0 Å². The van der Waals surface area contributed by atoms with Crippen LogP contribution in [0, 0.1) is 6.92 Å². The molecule has 0 atom stereocenters. The van der Waals surface area contributed by atoms with Crippen LogP contribution in [-0.2, 0) is 13.1 Å². The first-order chi connectivity index (χ1) is 18.3. The molecule has 1 N–H and O–H groups in total. The predicted molar refractivity (Wildman–Crippen MR) is 143 cm³/mol. The molecule has 0 saturated heterocycles. The number of methoxy groups -OCH3 is 2. The molecule has 13 heteroatoms. The van der Waals surface area contributed by atoms with Gasteiger partial charge in [-0.3, -0.25) is 19.9 Å². The molecule has 0 saturated carbocycles. The maximum Gasteiger partial charge on any atom is 0.277 e. The number of hydrogen-bond donors (Lipinski definition) is 1. The van der Waals surface area contributed by atoms with Crippen LogP contribution in [0.1, 0.15) is 37.1 Å². The number of pyridine rings is 3. The van der Waals surface area contributed by atoms with Crippen LogP contribution in [-0.4, -0.2) is 50.9 Å². The molecule has 0 aromatic carbocycles. The molecule has 194 valence electrons. The first kappa shape index (κ1) is 25.8. The third-order valence-electron chi connectivity index (χ3n) is 5.85. The highest BCUT2D eigenvalue weighted by molar-refractivity contribution is 7.16. The number of nitrogens with zero attached hydrogens (tertiary/aromatic N) is 5.